The fraction of sp³-hybridized carbons (Fsp3) is 0.0909. The Kier molecular flexibility index (Phi) is 3.30. The Morgan fingerprint density at radius 1 is 1.33 bits per heavy atom. The first kappa shape index (κ1) is 9.27. The predicted octanol–water partition coefficient (Wildman–Crippen LogP) is 4.04. The van der Waals surface area contributed by atoms with Crippen molar-refractivity contribution in [2.75, 3.05) is 0 Å². The first-order chi connectivity index (χ1) is 5.77. The summed E-state index contributed by atoms with van der Waals surface area (Å²) in [5, 5.41) is 0. The van der Waals surface area contributed by atoms with Crippen LogP contribution in [-0.4, -0.2) is 0 Å². The Morgan fingerprint density at radius 3 is 2.33 bits per heavy atom. The van der Waals surface area contributed by atoms with Crippen molar-refractivity contribution < 1.29 is 0 Å². The molecule has 0 radical (unpaired) electrons. The quantitative estimate of drug-likeness (QED) is 0.663. The molecule has 0 aromatic heterocycles. The molecule has 62 valence electrons. The number of hydrogen-bond acceptors (Lipinski definition) is 0. The van der Waals surface area contributed by atoms with Crippen LogP contribution in [-0.2, 0) is 0 Å². The van der Waals surface area contributed by atoms with Gasteiger partial charge in [-0.3, -0.25) is 0 Å². The van der Waals surface area contributed by atoms with Gasteiger partial charge in [0.25, 0.3) is 0 Å². The second kappa shape index (κ2) is 4.27. The summed E-state index contributed by atoms with van der Waals surface area (Å²) in [7, 11) is 0. The Bertz CT molecular complexity index is 293. The molecule has 0 aliphatic heterocycles. The molecule has 0 nitrogen and oxygen atoms in total. The lowest BCUT2D eigenvalue weighted by Gasteiger charge is -2.00. The molecule has 0 heterocycles. The average Bonchev–Trinajstić information content (AvgIpc) is 2.10. The van der Waals surface area contributed by atoms with Crippen molar-refractivity contribution in [2.24, 2.45) is 0 Å². The summed E-state index contributed by atoms with van der Waals surface area (Å²) in [4.78, 5) is 0. The fourth-order valence-corrected chi connectivity index (χ4v) is 1.31. The zero-order chi connectivity index (χ0) is 8.97. The van der Waals surface area contributed by atoms with E-state index in [1.54, 1.807) is 0 Å². The third kappa shape index (κ3) is 2.08. The summed E-state index contributed by atoms with van der Waals surface area (Å²) in [5.74, 6) is 0. The largest absolute Gasteiger partial charge is 0.0985 e. The highest BCUT2D eigenvalue weighted by atomic mass is 79.9. The van der Waals surface area contributed by atoms with Gasteiger partial charge < -0.3 is 0 Å². The van der Waals surface area contributed by atoms with E-state index < -0.39 is 0 Å². The Labute approximate surface area is 81.7 Å². The number of halogens is 1. The average molecular weight is 223 g/mol. The van der Waals surface area contributed by atoms with Crippen molar-refractivity contribution >= 4 is 21.5 Å². The van der Waals surface area contributed by atoms with E-state index in [0.717, 1.165) is 4.47 Å². The van der Waals surface area contributed by atoms with Gasteiger partial charge in [-0.1, -0.05) is 46.8 Å². The minimum absolute atomic E-state index is 1.10. The van der Waals surface area contributed by atoms with Gasteiger partial charge in [0.2, 0.25) is 0 Å². The van der Waals surface area contributed by atoms with Crippen molar-refractivity contribution in [3.05, 3.63) is 53.0 Å². The molecule has 12 heavy (non-hydrogen) atoms. The standard InChI is InChI=1S/C11H11Br/c1-3-9(4-2)10-5-7-11(12)8-6-10/h3-8H,1H2,2H3. The summed E-state index contributed by atoms with van der Waals surface area (Å²) >= 11 is 3.39. The molecule has 0 atom stereocenters. The van der Waals surface area contributed by atoms with Gasteiger partial charge in [0.15, 0.2) is 0 Å². The minimum atomic E-state index is 1.10. The molecule has 0 aliphatic carbocycles. The Hall–Kier alpha value is -0.820. The molecule has 1 rings (SSSR count). The predicted molar refractivity (Wildman–Crippen MR) is 58.0 cm³/mol. The van der Waals surface area contributed by atoms with E-state index in [1.807, 2.05) is 25.1 Å². The molecule has 0 bridgehead atoms. The van der Waals surface area contributed by atoms with Crippen molar-refractivity contribution in [1.29, 1.82) is 0 Å². The molecule has 0 amide bonds. The maximum atomic E-state index is 3.75. The fourth-order valence-electron chi connectivity index (χ4n) is 1.04. The van der Waals surface area contributed by atoms with Crippen LogP contribution in [0.4, 0.5) is 0 Å². The van der Waals surface area contributed by atoms with E-state index in [9.17, 15) is 0 Å². The van der Waals surface area contributed by atoms with Gasteiger partial charge >= 0.3 is 0 Å². The summed E-state index contributed by atoms with van der Waals surface area (Å²) in [6, 6.07) is 8.20. The van der Waals surface area contributed by atoms with Crippen LogP contribution < -0.4 is 0 Å². The van der Waals surface area contributed by atoms with E-state index in [1.165, 1.54) is 11.1 Å². The van der Waals surface area contributed by atoms with Crippen molar-refractivity contribution in [2.45, 2.75) is 6.92 Å². The molecule has 0 fully saturated rings. The van der Waals surface area contributed by atoms with Gasteiger partial charge in [0.1, 0.15) is 0 Å². The molecule has 0 spiro atoms. The van der Waals surface area contributed by atoms with E-state index in [2.05, 4.69) is 40.7 Å². The van der Waals surface area contributed by atoms with Gasteiger partial charge in [-0.15, -0.1) is 0 Å². The highest BCUT2D eigenvalue weighted by molar-refractivity contribution is 9.10. The molecule has 0 aliphatic rings. The Balaban J connectivity index is 3.04. The van der Waals surface area contributed by atoms with Crippen molar-refractivity contribution in [3.8, 4) is 0 Å². The molecule has 1 heteroatoms. The molecule has 0 saturated carbocycles. The van der Waals surface area contributed by atoms with Crippen LogP contribution in [0.25, 0.3) is 5.57 Å². The normalized spacial score (nSPS) is 11.3. The zero-order valence-corrected chi connectivity index (χ0v) is 8.64. The summed E-state index contributed by atoms with van der Waals surface area (Å²) in [5.41, 5.74) is 2.37. The number of hydrogen-bond donors (Lipinski definition) is 0. The second-order valence-corrected chi connectivity index (χ2v) is 3.37. The first-order valence-corrected chi connectivity index (χ1v) is 4.62. The van der Waals surface area contributed by atoms with Crippen LogP contribution >= 0.6 is 15.9 Å². The lowest BCUT2D eigenvalue weighted by molar-refractivity contribution is 1.57. The van der Waals surface area contributed by atoms with Crippen LogP contribution in [0.5, 0.6) is 0 Å². The second-order valence-electron chi connectivity index (χ2n) is 2.46. The van der Waals surface area contributed by atoms with E-state index in [0.29, 0.717) is 0 Å². The monoisotopic (exact) mass is 222 g/mol. The third-order valence-corrected chi connectivity index (χ3v) is 2.24. The Morgan fingerprint density at radius 2 is 1.92 bits per heavy atom. The lowest BCUT2D eigenvalue weighted by Crippen LogP contribution is -1.78. The molecular weight excluding hydrogens is 212 g/mol. The van der Waals surface area contributed by atoms with E-state index >= 15 is 0 Å². The van der Waals surface area contributed by atoms with Gasteiger partial charge in [-0.05, 0) is 30.2 Å². The summed E-state index contributed by atoms with van der Waals surface area (Å²) in [6.45, 7) is 5.76. The molecular formula is C11H11Br. The topological polar surface area (TPSA) is 0 Å². The molecule has 1 aromatic rings. The summed E-state index contributed by atoms with van der Waals surface area (Å²) < 4.78 is 1.10. The molecule has 0 unspecified atom stereocenters. The van der Waals surface area contributed by atoms with Gasteiger partial charge in [0.05, 0.1) is 0 Å². The molecule has 1 aromatic carbocycles. The molecule has 0 saturated heterocycles. The maximum absolute atomic E-state index is 3.75. The SMILES string of the molecule is C=CC(=CC)c1ccc(Br)cc1. The third-order valence-electron chi connectivity index (χ3n) is 1.71. The number of rotatable bonds is 2. The van der Waals surface area contributed by atoms with Gasteiger partial charge in [-0.2, -0.15) is 0 Å². The van der Waals surface area contributed by atoms with Crippen molar-refractivity contribution in [3.63, 3.8) is 0 Å². The smallest absolute Gasteiger partial charge is 0.0175 e. The highest BCUT2D eigenvalue weighted by Crippen LogP contribution is 2.18. The van der Waals surface area contributed by atoms with Crippen LogP contribution in [0.3, 0.4) is 0 Å². The van der Waals surface area contributed by atoms with Crippen LogP contribution in [0.2, 0.25) is 0 Å². The maximum Gasteiger partial charge on any atom is 0.0175 e. The highest BCUT2D eigenvalue weighted by Gasteiger charge is 1.94. The van der Waals surface area contributed by atoms with E-state index in [4.69, 9.17) is 0 Å². The van der Waals surface area contributed by atoms with E-state index in [-0.39, 0.29) is 0 Å². The van der Waals surface area contributed by atoms with Crippen molar-refractivity contribution in [1.82, 2.24) is 0 Å². The molecule has 0 N–H and O–H groups in total. The number of allylic oxidation sites excluding steroid dienone is 3. The van der Waals surface area contributed by atoms with Gasteiger partial charge in [0, 0.05) is 4.47 Å². The summed E-state index contributed by atoms with van der Waals surface area (Å²) in [6.07, 6.45) is 3.92. The number of benzene rings is 1. The van der Waals surface area contributed by atoms with Crippen LogP contribution in [0, 0.1) is 0 Å². The first-order valence-electron chi connectivity index (χ1n) is 3.82. The minimum Gasteiger partial charge on any atom is -0.0985 e. The van der Waals surface area contributed by atoms with Crippen LogP contribution in [0.15, 0.2) is 47.5 Å². The lowest BCUT2D eigenvalue weighted by atomic mass is 10.1. The van der Waals surface area contributed by atoms with Gasteiger partial charge in [-0.25, -0.2) is 0 Å². The zero-order valence-electron chi connectivity index (χ0n) is 7.05. The van der Waals surface area contributed by atoms with Crippen LogP contribution in [0.1, 0.15) is 12.5 Å².